The third kappa shape index (κ3) is 5.21. The number of para-hydroxylation sites is 1. The van der Waals surface area contributed by atoms with Crippen molar-refractivity contribution in [1.82, 2.24) is 0 Å². The number of rotatable bonds is 5. The van der Waals surface area contributed by atoms with E-state index in [4.69, 9.17) is 9.47 Å². The van der Waals surface area contributed by atoms with E-state index in [0.717, 1.165) is 11.5 Å². The van der Waals surface area contributed by atoms with E-state index in [1.807, 2.05) is 43.3 Å². The van der Waals surface area contributed by atoms with Crippen LogP contribution in [-0.4, -0.2) is 13.7 Å². The topological polar surface area (TPSA) is 18.5 Å². The Bertz CT molecular complexity index is 436. The normalized spacial score (nSPS) is 13.3. The van der Waals surface area contributed by atoms with Crippen LogP contribution in [0.25, 0.3) is 0 Å². The Balaban J connectivity index is 2.83. The molecular formula is C17H24O2. The SMILES string of the molecule is CC=C(C=C(COc1ccccc1)C(C)(C)C)OC. The monoisotopic (exact) mass is 260 g/mol. The number of methoxy groups -OCH3 is 1. The van der Waals surface area contributed by atoms with E-state index in [0.29, 0.717) is 6.61 Å². The fourth-order valence-electron chi connectivity index (χ4n) is 1.58. The molecule has 0 bridgehead atoms. The minimum atomic E-state index is 0.0432. The van der Waals surface area contributed by atoms with Gasteiger partial charge in [0.25, 0.3) is 0 Å². The molecule has 104 valence electrons. The highest BCUT2D eigenvalue weighted by atomic mass is 16.5. The first-order chi connectivity index (χ1) is 8.97. The van der Waals surface area contributed by atoms with Gasteiger partial charge >= 0.3 is 0 Å². The Morgan fingerprint density at radius 3 is 2.26 bits per heavy atom. The van der Waals surface area contributed by atoms with Gasteiger partial charge in [-0.15, -0.1) is 0 Å². The van der Waals surface area contributed by atoms with Crippen LogP contribution in [0.5, 0.6) is 5.75 Å². The summed E-state index contributed by atoms with van der Waals surface area (Å²) in [6.07, 6.45) is 4.01. The maximum atomic E-state index is 5.83. The van der Waals surface area contributed by atoms with Crippen LogP contribution in [0.1, 0.15) is 27.7 Å². The zero-order chi connectivity index (χ0) is 14.3. The van der Waals surface area contributed by atoms with Crippen LogP contribution < -0.4 is 4.74 Å². The van der Waals surface area contributed by atoms with E-state index in [2.05, 4.69) is 26.8 Å². The number of allylic oxidation sites excluding steroid dienone is 2. The van der Waals surface area contributed by atoms with E-state index in [9.17, 15) is 0 Å². The van der Waals surface area contributed by atoms with Crippen molar-refractivity contribution in [1.29, 1.82) is 0 Å². The van der Waals surface area contributed by atoms with Crippen LogP contribution in [0.15, 0.2) is 53.8 Å². The molecule has 0 saturated carbocycles. The zero-order valence-corrected chi connectivity index (χ0v) is 12.6. The van der Waals surface area contributed by atoms with Gasteiger partial charge in [-0.25, -0.2) is 0 Å². The van der Waals surface area contributed by atoms with Crippen molar-refractivity contribution < 1.29 is 9.47 Å². The largest absolute Gasteiger partial charge is 0.497 e. The highest BCUT2D eigenvalue weighted by Crippen LogP contribution is 2.27. The van der Waals surface area contributed by atoms with E-state index >= 15 is 0 Å². The molecule has 1 aromatic rings. The molecule has 0 N–H and O–H groups in total. The van der Waals surface area contributed by atoms with Gasteiger partial charge in [-0.3, -0.25) is 0 Å². The molecule has 0 spiro atoms. The second-order valence-corrected chi connectivity index (χ2v) is 5.42. The molecule has 0 unspecified atom stereocenters. The zero-order valence-electron chi connectivity index (χ0n) is 12.6. The van der Waals surface area contributed by atoms with Gasteiger partial charge in [0.1, 0.15) is 18.1 Å². The first-order valence-electron chi connectivity index (χ1n) is 6.56. The lowest BCUT2D eigenvalue weighted by atomic mass is 9.86. The van der Waals surface area contributed by atoms with Gasteiger partial charge in [0.05, 0.1) is 7.11 Å². The number of ether oxygens (including phenoxy) is 2. The molecule has 0 atom stereocenters. The van der Waals surface area contributed by atoms with Crippen LogP contribution in [0.4, 0.5) is 0 Å². The number of benzene rings is 1. The molecule has 2 heteroatoms. The number of hydrogen-bond donors (Lipinski definition) is 0. The maximum Gasteiger partial charge on any atom is 0.119 e. The van der Waals surface area contributed by atoms with Gasteiger partial charge in [0.15, 0.2) is 0 Å². The molecule has 0 heterocycles. The van der Waals surface area contributed by atoms with Crippen molar-refractivity contribution in [2.75, 3.05) is 13.7 Å². The Hall–Kier alpha value is -1.70. The first-order valence-corrected chi connectivity index (χ1v) is 6.56. The van der Waals surface area contributed by atoms with Gasteiger partial charge in [-0.05, 0) is 42.2 Å². The van der Waals surface area contributed by atoms with Crippen LogP contribution in [0.3, 0.4) is 0 Å². The molecule has 1 aromatic carbocycles. The molecule has 0 saturated heterocycles. The summed E-state index contributed by atoms with van der Waals surface area (Å²) in [5, 5.41) is 0. The molecule has 0 radical (unpaired) electrons. The molecule has 0 amide bonds. The van der Waals surface area contributed by atoms with Gasteiger partial charge in [0.2, 0.25) is 0 Å². The maximum absolute atomic E-state index is 5.83. The van der Waals surface area contributed by atoms with Crippen molar-refractivity contribution in [3.63, 3.8) is 0 Å². The van der Waals surface area contributed by atoms with Gasteiger partial charge in [-0.2, -0.15) is 0 Å². The van der Waals surface area contributed by atoms with Crippen LogP contribution in [0.2, 0.25) is 0 Å². The fourth-order valence-corrected chi connectivity index (χ4v) is 1.58. The van der Waals surface area contributed by atoms with E-state index in [1.54, 1.807) is 7.11 Å². The second kappa shape index (κ2) is 7.03. The summed E-state index contributed by atoms with van der Waals surface area (Å²) >= 11 is 0. The molecule has 0 fully saturated rings. The fraction of sp³-hybridized carbons (Fsp3) is 0.412. The molecular weight excluding hydrogens is 236 g/mol. The van der Waals surface area contributed by atoms with Gasteiger partial charge < -0.3 is 9.47 Å². The summed E-state index contributed by atoms with van der Waals surface area (Å²) < 4.78 is 11.1. The Labute approximate surface area is 116 Å². The Morgan fingerprint density at radius 1 is 1.16 bits per heavy atom. The predicted molar refractivity (Wildman–Crippen MR) is 80.2 cm³/mol. The molecule has 0 aliphatic heterocycles. The van der Waals surface area contributed by atoms with Crippen molar-refractivity contribution in [3.8, 4) is 5.75 Å². The summed E-state index contributed by atoms with van der Waals surface area (Å²) in [7, 11) is 1.68. The molecule has 2 nitrogen and oxygen atoms in total. The molecule has 0 aromatic heterocycles. The summed E-state index contributed by atoms with van der Waals surface area (Å²) in [4.78, 5) is 0. The summed E-state index contributed by atoms with van der Waals surface area (Å²) in [5.74, 6) is 1.75. The lowest BCUT2D eigenvalue weighted by molar-refractivity contribution is 0.293. The smallest absolute Gasteiger partial charge is 0.119 e. The first kappa shape index (κ1) is 15.4. The average molecular weight is 260 g/mol. The Morgan fingerprint density at radius 2 is 1.79 bits per heavy atom. The molecule has 0 aliphatic rings. The molecule has 0 aliphatic carbocycles. The van der Waals surface area contributed by atoms with E-state index < -0.39 is 0 Å². The summed E-state index contributed by atoms with van der Waals surface area (Å²) in [5.41, 5.74) is 1.24. The van der Waals surface area contributed by atoms with E-state index in [1.165, 1.54) is 5.57 Å². The molecule has 1 rings (SSSR count). The third-order valence-corrected chi connectivity index (χ3v) is 2.94. The van der Waals surface area contributed by atoms with Crippen molar-refractivity contribution in [2.45, 2.75) is 27.7 Å². The molecule has 19 heavy (non-hydrogen) atoms. The Kier molecular flexibility index (Phi) is 5.68. The van der Waals surface area contributed by atoms with Gasteiger partial charge in [-0.1, -0.05) is 39.0 Å². The highest BCUT2D eigenvalue weighted by molar-refractivity contribution is 5.26. The predicted octanol–water partition coefficient (Wildman–Crippen LogP) is 4.59. The lowest BCUT2D eigenvalue weighted by Crippen LogP contribution is -2.16. The summed E-state index contributed by atoms with van der Waals surface area (Å²) in [6.45, 7) is 9.06. The number of hydrogen-bond acceptors (Lipinski definition) is 2. The van der Waals surface area contributed by atoms with Crippen LogP contribution in [-0.2, 0) is 4.74 Å². The van der Waals surface area contributed by atoms with Gasteiger partial charge in [0, 0.05) is 0 Å². The quantitative estimate of drug-likeness (QED) is 0.569. The highest BCUT2D eigenvalue weighted by Gasteiger charge is 2.18. The minimum absolute atomic E-state index is 0.0432. The lowest BCUT2D eigenvalue weighted by Gasteiger charge is -2.23. The summed E-state index contributed by atoms with van der Waals surface area (Å²) in [6, 6.07) is 9.86. The standard InChI is InChI=1S/C17H24O2/c1-6-15(18-5)12-14(17(2,3)4)13-19-16-10-8-7-9-11-16/h6-12H,13H2,1-5H3. The van der Waals surface area contributed by atoms with Crippen molar-refractivity contribution in [3.05, 3.63) is 53.8 Å². The van der Waals surface area contributed by atoms with E-state index in [-0.39, 0.29) is 5.41 Å². The average Bonchev–Trinajstić information content (AvgIpc) is 2.39. The van der Waals surface area contributed by atoms with Crippen LogP contribution in [0, 0.1) is 5.41 Å². The van der Waals surface area contributed by atoms with Crippen LogP contribution >= 0.6 is 0 Å². The third-order valence-electron chi connectivity index (χ3n) is 2.94. The minimum Gasteiger partial charge on any atom is -0.497 e. The van der Waals surface area contributed by atoms with Crippen molar-refractivity contribution in [2.24, 2.45) is 5.41 Å². The van der Waals surface area contributed by atoms with Crippen molar-refractivity contribution >= 4 is 0 Å². The second-order valence-electron chi connectivity index (χ2n) is 5.42.